The molecule has 4 rings (SSSR count). The summed E-state index contributed by atoms with van der Waals surface area (Å²) < 4.78 is 32.4. The summed E-state index contributed by atoms with van der Waals surface area (Å²) >= 11 is 0. The van der Waals surface area contributed by atoms with Gasteiger partial charge in [0, 0.05) is 10.6 Å². The van der Waals surface area contributed by atoms with Crippen molar-refractivity contribution >= 4 is 36.6 Å². The van der Waals surface area contributed by atoms with E-state index < -0.39 is 15.2 Å². The number of fused-ring (bicyclic) bond motifs is 1. The Labute approximate surface area is 174 Å². The summed E-state index contributed by atoms with van der Waals surface area (Å²) in [5, 5.41) is 3.86. The van der Waals surface area contributed by atoms with Crippen LogP contribution in [-0.4, -0.2) is 62.4 Å². The molecule has 2 aromatic carbocycles. The van der Waals surface area contributed by atoms with E-state index in [0.717, 1.165) is 64.7 Å². The Hall–Kier alpha value is -1.16. The zero-order valence-corrected chi connectivity index (χ0v) is 18.3. The van der Waals surface area contributed by atoms with Gasteiger partial charge in [-0.3, -0.25) is 0 Å². The molecule has 2 atom stereocenters. The Balaban J connectivity index is 0.000000215. The maximum atomic E-state index is 11.2. The smallest absolute Gasteiger partial charge is 0.163 e. The summed E-state index contributed by atoms with van der Waals surface area (Å²) in [4.78, 5) is 40.5. The molecular weight excluding hydrogens is 434 g/mol. The van der Waals surface area contributed by atoms with E-state index in [1.54, 1.807) is 0 Å². The maximum absolute atomic E-state index is 11.2. The SMILES string of the molecule is C1COCC[NH2+]1.C1COCC[NH2+]1.O=P([O-])(O)c1cccc2c(P(=O)([O-])O)cccc12. The van der Waals surface area contributed by atoms with Crippen LogP contribution in [0.15, 0.2) is 36.4 Å². The molecule has 0 radical (unpaired) electrons. The van der Waals surface area contributed by atoms with Gasteiger partial charge in [-0.2, -0.15) is 0 Å². The molecule has 0 spiro atoms. The van der Waals surface area contributed by atoms with Crippen molar-refractivity contribution in [1.82, 2.24) is 0 Å². The average Bonchev–Trinajstić information content (AvgIpc) is 2.75. The third-order valence-electron chi connectivity index (χ3n) is 4.35. The van der Waals surface area contributed by atoms with E-state index in [-0.39, 0.29) is 21.4 Å². The molecule has 0 aromatic heterocycles. The normalized spacial score (nSPS) is 20.5. The van der Waals surface area contributed by atoms with Crippen LogP contribution in [0.1, 0.15) is 0 Å². The van der Waals surface area contributed by atoms with Crippen LogP contribution in [-0.2, 0) is 18.6 Å². The van der Waals surface area contributed by atoms with Crippen LogP contribution in [0.3, 0.4) is 0 Å². The number of ether oxygens (including phenoxy) is 2. The largest absolute Gasteiger partial charge is 0.775 e. The lowest BCUT2D eigenvalue weighted by Crippen LogP contribution is -2.87. The van der Waals surface area contributed by atoms with Gasteiger partial charge in [0.15, 0.2) is 15.2 Å². The van der Waals surface area contributed by atoms with Crippen molar-refractivity contribution in [3.8, 4) is 0 Å². The molecule has 6 N–H and O–H groups in total. The number of morpholine rings is 2. The molecule has 10 nitrogen and oxygen atoms in total. The maximum Gasteiger partial charge on any atom is 0.163 e. The number of quaternary nitrogens is 2. The Kier molecular flexibility index (Phi) is 10.1. The Morgan fingerprint density at radius 1 is 0.700 bits per heavy atom. The molecule has 12 heteroatoms. The number of hydrogen-bond acceptors (Lipinski definition) is 6. The van der Waals surface area contributed by atoms with Crippen LogP contribution in [0.2, 0.25) is 0 Å². The molecule has 30 heavy (non-hydrogen) atoms. The second kappa shape index (κ2) is 12.0. The van der Waals surface area contributed by atoms with E-state index in [9.17, 15) is 18.9 Å². The van der Waals surface area contributed by atoms with E-state index >= 15 is 0 Å². The fourth-order valence-corrected chi connectivity index (χ4v) is 4.48. The third-order valence-corrected chi connectivity index (χ3v) is 6.35. The Morgan fingerprint density at radius 2 is 1.03 bits per heavy atom. The van der Waals surface area contributed by atoms with Gasteiger partial charge in [0.05, 0.1) is 52.6 Å². The fourth-order valence-electron chi connectivity index (χ4n) is 2.93. The highest BCUT2D eigenvalue weighted by Gasteiger charge is 2.16. The van der Waals surface area contributed by atoms with Gasteiger partial charge in [0.2, 0.25) is 0 Å². The molecule has 0 aliphatic carbocycles. The summed E-state index contributed by atoms with van der Waals surface area (Å²) in [6.45, 7) is 8.39. The summed E-state index contributed by atoms with van der Waals surface area (Å²) in [6.07, 6.45) is 0. The molecule has 0 amide bonds. The minimum absolute atomic E-state index is 0.0426. The van der Waals surface area contributed by atoms with Gasteiger partial charge in [0.25, 0.3) is 0 Å². The van der Waals surface area contributed by atoms with E-state index in [0.29, 0.717) is 0 Å². The number of nitrogens with two attached hydrogens (primary N) is 2. The topological polar surface area (TPSA) is 172 Å². The molecule has 2 aliphatic heterocycles. The summed E-state index contributed by atoms with van der Waals surface area (Å²) in [7, 11) is -9.52. The lowest BCUT2D eigenvalue weighted by atomic mass is 10.1. The molecule has 2 unspecified atom stereocenters. The highest BCUT2D eigenvalue weighted by atomic mass is 31.2. The lowest BCUT2D eigenvalue weighted by molar-refractivity contribution is -0.670. The average molecular weight is 462 g/mol. The fraction of sp³-hybridized carbons (Fsp3) is 0.444. The predicted molar refractivity (Wildman–Crippen MR) is 108 cm³/mol. The standard InChI is InChI=1S/C10H10O6P2.2C4H9NO/c11-17(12,13)9-5-1-3-7-8(9)4-2-6-10(7)18(14,15)16;2*1-3-6-4-2-5-1/h1-6H,(H2,11,12,13)(H2,14,15,16);2*5H,1-4H2. The van der Waals surface area contributed by atoms with E-state index in [2.05, 4.69) is 10.6 Å². The van der Waals surface area contributed by atoms with Crippen molar-refractivity contribution in [1.29, 1.82) is 0 Å². The van der Waals surface area contributed by atoms with Gasteiger partial charge in [-0.1, -0.05) is 24.3 Å². The summed E-state index contributed by atoms with van der Waals surface area (Å²) in [6, 6.07) is 7.60. The van der Waals surface area contributed by atoms with Crippen LogP contribution in [0.25, 0.3) is 10.8 Å². The second-order valence-electron chi connectivity index (χ2n) is 6.65. The Morgan fingerprint density at radius 3 is 1.23 bits per heavy atom. The van der Waals surface area contributed by atoms with Crippen molar-refractivity contribution in [2.75, 3.05) is 52.6 Å². The first-order valence-corrected chi connectivity index (χ1v) is 12.8. The molecule has 2 fully saturated rings. The third kappa shape index (κ3) is 8.17. The van der Waals surface area contributed by atoms with Crippen molar-refractivity contribution in [2.45, 2.75) is 0 Å². The van der Waals surface area contributed by atoms with Crippen LogP contribution < -0.4 is 31.0 Å². The first kappa shape index (κ1) is 25.1. The predicted octanol–water partition coefficient (Wildman–Crippen LogP) is -3.66. The highest BCUT2D eigenvalue weighted by molar-refractivity contribution is 7.60. The molecule has 168 valence electrons. The zero-order valence-electron chi connectivity index (χ0n) is 16.5. The molecule has 0 bridgehead atoms. The molecule has 2 saturated heterocycles. The van der Waals surface area contributed by atoms with E-state index in [1.165, 1.54) is 24.3 Å². The summed E-state index contributed by atoms with van der Waals surface area (Å²) in [5.74, 6) is 0. The molecular formula is C18H28N2O8P2. The number of rotatable bonds is 2. The first-order chi connectivity index (χ1) is 14.2. The van der Waals surface area contributed by atoms with E-state index in [1.807, 2.05) is 0 Å². The Bertz CT molecular complexity index is 795. The van der Waals surface area contributed by atoms with Gasteiger partial charge in [0.1, 0.15) is 0 Å². The minimum Gasteiger partial charge on any atom is -0.775 e. The minimum atomic E-state index is -4.76. The van der Waals surface area contributed by atoms with Gasteiger partial charge in [-0.05, 0) is 22.9 Å². The quantitative estimate of drug-likeness (QED) is 0.331. The van der Waals surface area contributed by atoms with Gasteiger partial charge < -0.3 is 48.8 Å². The number of hydrogen-bond donors (Lipinski definition) is 4. The first-order valence-electron chi connectivity index (χ1n) is 9.60. The second-order valence-corrected chi connectivity index (χ2v) is 9.69. The van der Waals surface area contributed by atoms with Gasteiger partial charge >= 0.3 is 0 Å². The lowest BCUT2D eigenvalue weighted by Gasteiger charge is -2.22. The van der Waals surface area contributed by atoms with Crippen LogP contribution in [0.5, 0.6) is 0 Å². The molecule has 2 heterocycles. The van der Waals surface area contributed by atoms with Gasteiger partial charge in [-0.25, -0.2) is 0 Å². The van der Waals surface area contributed by atoms with Crippen LogP contribution in [0, 0.1) is 0 Å². The summed E-state index contributed by atoms with van der Waals surface area (Å²) in [5.41, 5.74) is 0. The molecule has 2 aliphatic rings. The van der Waals surface area contributed by atoms with Crippen molar-refractivity contribution in [3.63, 3.8) is 0 Å². The number of benzene rings is 2. The molecule has 0 saturated carbocycles. The van der Waals surface area contributed by atoms with E-state index in [4.69, 9.17) is 19.3 Å². The zero-order chi connectivity index (χ0) is 22.0. The highest BCUT2D eigenvalue weighted by Crippen LogP contribution is 2.35. The van der Waals surface area contributed by atoms with Crippen molar-refractivity contribution in [3.05, 3.63) is 36.4 Å². The van der Waals surface area contributed by atoms with Crippen molar-refractivity contribution in [2.24, 2.45) is 0 Å². The molecule has 2 aromatic rings. The van der Waals surface area contributed by atoms with Gasteiger partial charge in [-0.15, -0.1) is 0 Å². The monoisotopic (exact) mass is 462 g/mol. The van der Waals surface area contributed by atoms with Crippen LogP contribution in [0.4, 0.5) is 0 Å². The van der Waals surface area contributed by atoms with Crippen molar-refractivity contribution < 1.29 is 48.8 Å². The van der Waals surface area contributed by atoms with Crippen LogP contribution >= 0.6 is 15.2 Å².